The van der Waals surface area contributed by atoms with Crippen LogP contribution in [0, 0.1) is 11.8 Å². The van der Waals surface area contributed by atoms with Crippen LogP contribution in [-0.4, -0.2) is 98.2 Å². The minimum Gasteiger partial charge on any atom is -0.494 e. The van der Waals surface area contributed by atoms with Crippen molar-refractivity contribution in [3.8, 4) is 5.75 Å². The second-order valence-electron chi connectivity index (χ2n) is 13.0. The van der Waals surface area contributed by atoms with E-state index in [0.29, 0.717) is 55.8 Å². The van der Waals surface area contributed by atoms with E-state index in [1.165, 1.54) is 0 Å². The van der Waals surface area contributed by atoms with E-state index in [9.17, 15) is 19.5 Å². The number of benzene rings is 2. The molecule has 0 radical (unpaired) electrons. The molecule has 3 fully saturated rings. The summed E-state index contributed by atoms with van der Waals surface area (Å²) in [5.41, 5.74) is 1.01. The second kappa shape index (κ2) is 14.9. The SMILES string of the molecule is C=CCN(Cn1nnc2ccccc21)C(=O)C1N(CCCCCCO)C(=O)[C@@H]2[C@@H](C(=O)N(CC=C)c3ccc(OCC)cc3)[C@H]3CCC12O3. The first-order valence-electron chi connectivity index (χ1n) is 17.3. The van der Waals surface area contributed by atoms with E-state index in [-0.39, 0.29) is 44.1 Å². The standard InChI is InChI=1S/C37H46N6O6/c1-4-21-40(25-43-29-14-10-9-13-28(29)38-39-43)36(47)33-37-20-19-30(49-37)31(32(37)35(46)42(33)23-11-7-8-12-24-44)34(45)41(22-5-2)26-15-17-27(18-16-26)48-6-3/h4-5,9-10,13-18,30-33,44H,1-2,6-8,11-12,19-25H2,3H3/t30-,31+,32+,33?,37?/m1/s1. The summed E-state index contributed by atoms with van der Waals surface area (Å²) in [5.74, 6) is -1.58. The molecule has 3 saturated heterocycles. The molecule has 3 aromatic rings. The Labute approximate surface area is 286 Å². The molecule has 1 aromatic heterocycles. The zero-order valence-electron chi connectivity index (χ0n) is 28.2. The number of likely N-dealkylation sites (tertiary alicyclic amines) is 1. The van der Waals surface area contributed by atoms with Crippen molar-refractivity contribution in [2.75, 3.05) is 37.7 Å². The van der Waals surface area contributed by atoms with Gasteiger partial charge in [0.1, 0.15) is 29.6 Å². The van der Waals surface area contributed by atoms with Crippen LogP contribution in [0.3, 0.4) is 0 Å². The summed E-state index contributed by atoms with van der Waals surface area (Å²) in [6.07, 6.45) is 6.82. The van der Waals surface area contributed by atoms with Gasteiger partial charge in [-0.1, -0.05) is 42.3 Å². The molecule has 49 heavy (non-hydrogen) atoms. The first-order valence-corrected chi connectivity index (χ1v) is 17.3. The van der Waals surface area contributed by atoms with Crippen molar-refractivity contribution in [3.05, 3.63) is 73.8 Å². The van der Waals surface area contributed by atoms with Gasteiger partial charge in [0, 0.05) is 31.9 Å². The Balaban J connectivity index is 1.33. The molecule has 4 heterocycles. The van der Waals surface area contributed by atoms with Gasteiger partial charge in [0.2, 0.25) is 17.7 Å². The molecule has 3 aliphatic rings. The van der Waals surface area contributed by atoms with Crippen LogP contribution in [-0.2, 0) is 25.8 Å². The van der Waals surface area contributed by atoms with E-state index in [2.05, 4.69) is 23.5 Å². The van der Waals surface area contributed by atoms with Crippen molar-refractivity contribution in [2.24, 2.45) is 11.8 Å². The van der Waals surface area contributed by atoms with E-state index in [0.717, 1.165) is 18.4 Å². The maximum absolute atomic E-state index is 14.8. The molecule has 1 spiro atoms. The quantitative estimate of drug-likeness (QED) is 0.169. The van der Waals surface area contributed by atoms with Gasteiger partial charge >= 0.3 is 0 Å². The maximum atomic E-state index is 14.8. The average molecular weight is 671 g/mol. The minimum atomic E-state index is -1.15. The van der Waals surface area contributed by atoms with Gasteiger partial charge in [0.25, 0.3) is 0 Å². The highest BCUT2D eigenvalue weighted by atomic mass is 16.5. The fourth-order valence-corrected chi connectivity index (χ4v) is 7.95. The lowest BCUT2D eigenvalue weighted by atomic mass is 9.70. The summed E-state index contributed by atoms with van der Waals surface area (Å²) in [6.45, 7) is 11.3. The number of hydrogen-bond acceptors (Lipinski definition) is 8. The van der Waals surface area contributed by atoms with Crippen LogP contribution in [0.5, 0.6) is 5.75 Å². The van der Waals surface area contributed by atoms with Crippen LogP contribution in [0.1, 0.15) is 45.4 Å². The molecule has 2 aromatic carbocycles. The number of carbonyl (C=O) groups is 3. The van der Waals surface area contributed by atoms with Gasteiger partial charge in [-0.25, -0.2) is 4.68 Å². The van der Waals surface area contributed by atoms with Gasteiger partial charge in [0.05, 0.1) is 30.1 Å². The minimum absolute atomic E-state index is 0.108. The zero-order chi connectivity index (χ0) is 34.5. The average Bonchev–Trinajstić information content (AvgIpc) is 3.86. The third-order valence-corrected chi connectivity index (χ3v) is 10.0. The third kappa shape index (κ3) is 6.35. The molecular formula is C37H46N6O6. The Morgan fingerprint density at radius 3 is 2.55 bits per heavy atom. The number of carbonyl (C=O) groups excluding carboxylic acids is 3. The number of amides is 3. The first-order chi connectivity index (χ1) is 23.9. The predicted molar refractivity (Wildman–Crippen MR) is 184 cm³/mol. The van der Waals surface area contributed by atoms with Crippen molar-refractivity contribution >= 4 is 34.4 Å². The third-order valence-electron chi connectivity index (χ3n) is 10.0. The Hall–Kier alpha value is -4.55. The topological polar surface area (TPSA) is 130 Å². The van der Waals surface area contributed by atoms with E-state index >= 15 is 0 Å². The van der Waals surface area contributed by atoms with Gasteiger partial charge in [-0.05, 0) is 69.0 Å². The molecule has 260 valence electrons. The lowest BCUT2D eigenvalue weighted by Gasteiger charge is -2.37. The van der Waals surface area contributed by atoms with E-state index in [1.54, 1.807) is 31.5 Å². The van der Waals surface area contributed by atoms with Crippen molar-refractivity contribution < 1.29 is 29.0 Å². The van der Waals surface area contributed by atoms with E-state index in [1.807, 2.05) is 55.5 Å². The van der Waals surface area contributed by atoms with Crippen LogP contribution in [0.15, 0.2) is 73.8 Å². The van der Waals surface area contributed by atoms with Gasteiger partial charge < -0.3 is 29.3 Å². The van der Waals surface area contributed by atoms with Crippen LogP contribution in [0.2, 0.25) is 0 Å². The van der Waals surface area contributed by atoms with Gasteiger partial charge in [0.15, 0.2) is 0 Å². The van der Waals surface area contributed by atoms with Crippen molar-refractivity contribution in [1.29, 1.82) is 0 Å². The normalized spacial score (nSPS) is 23.9. The molecule has 12 heteroatoms. The lowest BCUT2D eigenvalue weighted by Crippen LogP contribution is -2.56. The number of aliphatic hydroxyl groups excluding tert-OH is 1. The number of unbranched alkanes of at least 4 members (excludes halogenated alkanes) is 3. The van der Waals surface area contributed by atoms with Gasteiger partial charge in [-0.3, -0.25) is 14.4 Å². The second-order valence-corrected chi connectivity index (χ2v) is 13.0. The van der Waals surface area contributed by atoms with Crippen LogP contribution < -0.4 is 9.64 Å². The van der Waals surface area contributed by atoms with E-state index in [4.69, 9.17) is 9.47 Å². The fraction of sp³-hybridized carbons (Fsp3) is 0.486. The first kappa shape index (κ1) is 34.3. The van der Waals surface area contributed by atoms with Crippen LogP contribution >= 0.6 is 0 Å². The molecule has 2 unspecified atom stereocenters. The lowest BCUT2D eigenvalue weighted by molar-refractivity contribution is -0.149. The number of aromatic nitrogens is 3. The van der Waals surface area contributed by atoms with Crippen LogP contribution in [0.4, 0.5) is 5.69 Å². The van der Waals surface area contributed by atoms with Gasteiger partial charge in [-0.2, -0.15) is 0 Å². The molecule has 6 rings (SSSR count). The van der Waals surface area contributed by atoms with E-state index < -0.39 is 29.6 Å². The number of anilines is 1. The largest absolute Gasteiger partial charge is 0.494 e. The molecular weight excluding hydrogens is 624 g/mol. The Bertz CT molecular complexity index is 1670. The number of aliphatic hydroxyl groups is 1. The predicted octanol–water partition coefficient (Wildman–Crippen LogP) is 3.95. The molecule has 5 atom stereocenters. The zero-order valence-corrected chi connectivity index (χ0v) is 28.2. The number of fused-ring (bicyclic) bond motifs is 2. The summed E-state index contributed by atoms with van der Waals surface area (Å²) >= 11 is 0. The summed E-state index contributed by atoms with van der Waals surface area (Å²) in [7, 11) is 0. The monoisotopic (exact) mass is 670 g/mol. The van der Waals surface area contributed by atoms with Crippen molar-refractivity contribution in [2.45, 2.75) is 69.9 Å². The smallest absolute Gasteiger partial charge is 0.250 e. The summed E-state index contributed by atoms with van der Waals surface area (Å²) < 4.78 is 14.0. The summed E-state index contributed by atoms with van der Waals surface area (Å²) in [6, 6.07) is 13.9. The summed E-state index contributed by atoms with van der Waals surface area (Å²) in [5, 5.41) is 17.8. The van der Waals surface area contributed by atoms with Crippen molar-refractivity contribution in [1.82, 2.24) is 24.8 Å². The fourth-order valence-electron chi connectivity index (χ4n) is 7.95. The molecule has 3 amide bonds. The van der Waals surface area contributed by atoms with Gasteiger partial charge in [-0.15, -0.1) is 18.3 Å². The number of ether oxygens (including phenoxy) is 2. The molecule has 0 aliphatic carbocycles. The molecule has 12 nitrogen and oxygen atoms in total. The molecule has 0 saturated carbocycles. The summed E-state index contributed by atoms with van der Waals surface area (Å²) in [4.78, 5) is 48.9. The van der Waals surface area contributed by atoms with Crippen LogP contribution in [0.25, 0.3) is 11.0 Å². The number of rotatable bonds is 17. The molecule has 1 N–H and O–H groups in total. The maximum Gasteiger partial charge on any atom is 0.250 e. The number of nitrogens with zero attached hydrogens (tertiary/aromatic N) is 6. The highest BCUT2D eigenvalue weighted by molar-refractivity contribution is 6.03. The highest BCUT2D eigenvalue weighted by Crippen LogP contribution is 2.59. The highest BCUT2D eigenvalue weighted by Gasteiger charge is 2.74. The number of hydrogen-bond donors (Lipinski definition) is 1. The molecule has 2 bridgehead atoms. The van der Waals surface area contributed by atoms with Crippen molar-refractivity contribution in [3.63, 3.8) is 0 Å². The number of para-hydroxylation sites is 1. The Morgan fingerprint density at radius 1 is 1.06 bits per heavy atom. The Kier molecular flexibility index (Phi) is 10.4. The molecule has 3 aliphatic heterocycles. The Morgan fingerprint density at radius 2 is 1.82 bits per heavy atom.